The number of halogens is 1. The summed E-state index contributed by atoms with van der Waals surface area (Å²) >= 11 is 7.76. The van der Waals surface area contributed by atoms with E-state index in [1.807, 2.05) is 36.0 Å². The zero-order chi connectivity index (χ0) is 16.0. The summed E-state index contributed by atoms with van der Waals surface area (Å²) in [6.07, 6.45) is 0. The van der Waals surface area contributed by atoms with Crippen LogP contribution in [0.15, 0.2) is 53.4 Å². The predicted molar refractivity (Wildman–Crippen MR) is 96.7 cm³/mol. The van der Waals surface area contributed by atoms with Crippen molar-refractivity contribution >= 4 is 45.9 Å². The van der Waals surface area contributed by atoms with E-state index in [-0.39, 0.29) is 5.91 Å². The molecule has 116 valence electrons. The Kier molecular flexibility index (Phi) is 3.58. The Hall–Kier alpha value is -1.91. The van der Waals surface area contributed by atoms with Gasteiger partial charge in [-0.1, -0.05) is 30.7 Å². The fourth-order valence-electron chi connectivity index (χ4n) is 3.00. The third-order valence-corrected chi connectivity index (χ3v) is 5.37. The van der Waals surface area contributed by atoms with E-state index in [4.69, 9.17) is 11.6 Å². The molecular formula is C18H15ClN2OS. The number of nitrogens with one attached hydrogen (secondary N) is 1. The maximum Gasteiger partial charge on any atom is 0.272 e. The Morgan fingerprint density at radius 3 is 2.83 bits per heavy atom. The summed E-state index contributed by atoms with van der Waals surface area (Å²) in [5.74, 6) is -0.0893. The first-order valence-electron chi connectivity index (χ1n) is 7.47. The zero-order valence-electron chi connectivity index (χ0n) is 12.5. The maximum absolute atomic E-state index is 12.7. The van der Waals surface area contributed by atoms with E-state index in [0.717, 1.165) is 23.1 Å². The Bertz CT molecular complexity index is 901. The Morgan fingerprint density at radius 1 is 1.26 bits per heavy atom. The molecule has 0 saturated heterocycles. The summed E-state index contributed by atoms with van der Waals surface area (Å²) in [6.45, 7) is 3.03. The molecular weight excluding hydrogens is 328 g/mol. The fourth-order valence-corrected chi connectivity index (χ4v) is 4.28. The fraction of sp³-hybridized carbons (Fsp3) is 0.167. The summed E-state index contributed by atoms with van der Waals surface area (Å²) in [5, 5.41) is 5.17. The second-order valence-electron chi connectivity index (χ2n) is 5.72. The normalized spacial score (nSPS) is 16.5. The monoisotopic (exact) mass is 342 g/mol. The minimum atomic E-state index is -0.0893. The quantitative estimate of drug-likeness (QED) is 0.707. The van der Waals surface area contributed by atoms with E-state index in [9.17, 15) is 4.79 Å². The number of hydrogen-bond acceptors (Lipinski definition) is 2. The molecule has 1 aliphatic heterocycles. The van der Waals surface area contributed by atoms with Crippen LogP contribution in [0.5, 0.6) is 0 Å². The van der Waals surface area contributed by atoms with Crippen molar-refractivity contribution in [3.63, 3.8) is 0 Å². The summed E-state index contributed by atoms with van der Waals surface area (Å²) in [7, 11) is 0. The molecule has 0 radical (unpaired) electrons. The van der Waals surface area contributed by atoms with Gasteiger partial charge in [0.1, 0.15) is 5.69 Å². The molecule has 1 aliphatic rings. The molecule has 23 heavy (non-hydrogen) atoms. The van der Waals surface area contributed by atoms with Crippen LogP contribution in [0.3, 0.4) is 0 Å². The first-order valence-corrected chi connectivity index (χ1v) is 8.73. The average Bonchev–Trinajstić information content (AvgIpc) is 2.90. The molecule has 1 aromatic heterocycles. The standard InChI is InChI=1S/C18H15ClN2OS/c1-11-10-21-15(9-12-3-2-4-16(23-11)17(12)21)18(22)20-14-7-5-13(19)6-8-14/h2-9,11H,10H2,1H3,(H,20,22)/t11-/m0/s1. The molecule has 4 rings (SSSR count). The van der Waals surface area contributed by atoms with Gasteiger partial charge in [0, 0.05) is 32.8 Å². The minimum absolute atomic E-state index is 0.0893. The lowest BCUT2D eigenvalue weighted by atomic mass is 10.2. The van der Waals surface area contributed by atoms with Gasteiger partial charge in [-0.3, -0.25) is 4.79 Å². The second kappa shape index (κ2) is 5.62. The maximum atomic E-state index is 12.7. The summed E-state index contributed by atoms with van der Waals surface area (Å²) < 4.78 is 2.14. The van der Waals surface area contributed by atoms with E-state index in [2.05, 4.69) is 28.9 Å². The van der Waals surface area contributed by atoms with Crippen LogP contribution in [-0.2, 0) is 6.54 Å². The van der Waals surface area contributed by atoms with E-state index < -0.39 is 0 Å². The third kappa shape index (κ3) is 2.62. The lowest BCUT2D eigenvalue weighted by Crippen LogP contribution is -2.21. The third-order valence-electron chi connectivity index (χ3n) is 3.99. The molecule has 1 N–H and O–H groups in total. The highest BCUT2D eigenvalue weighted by Gasteiger charge is 2.23. The number of hydrogen-bond donors (Lipinski definition) is 1. The molecule has 1 atom stereocenters. The number of carbonyl (C=O) groups excluding carboxylic acids is 1. The molecule has 3 nitrogen and oxygen atoms in total. The van der Waals surface area contributed by atoms with E-state index >= 15 is 0 Å². The first kappa shape index (κ1) is 14.7. The van der Waals surface area contributed by atoms with Gasteiger partial charge >= 0.3 is 0 Å². The first-order chi connectivity index (χ1) is 11.1. The van der Waals surface area contributed by atoms with Gasteiger partial charge in [0.15, 0.2) is 0 Å². The van der Waals surface area contributed by atoms with E-state index in [0.29, 0.717) is 16.0 Å². The van der Waals surface area contributed by atoms with Gasteiger partial charge in [-0.05, 0) is 36.4 Å². The Labute approximate surface area is 143 Å². The lowest BCUT2D eigenvalue weighted by Gasteiger charge is -2.22. The number of para-hydroxylation sites is 1. The number of thioether (sulfide) groups is 1. The molecule has 0 unspecified atom stereocenters. The van der Waals surface area contributed by atoms with Crippen molar-refractivity contribution in [3.8, 4) is 0 Å². The number of rotatable bonds is 2. The minimum Gasteiger partial charge on any atom is -0.334 e. The molecule has 0 aliphatic carbocycles. The van der Waals surface area contributed by atoms with Crippen LogP contribution in [-0.4, -0.2) is 15.7 Å². The highest BCUT2D eigenvalue weighted by molar-refractivity contribution is 8.00. The van der Waals surface area contributed by atoms with Crippen LogP contribution in [0, 0.1) is 0 Å². The number of carbonyl (C=O) groups is 1. The zero-order valence-corrected chi connectivity index (χ0v) is 14.1. The molecule has 5 heteroatoms. The molecule has 0 spiro atoms. The molecule has 0 bridgehead atoms. The molecule has 3 aromatic rings. The summed E-state index contributed by atoms with van der Waals surface area (Å²) in [4.78, 5) is 14.0. The lowest BCUT2D eigenvalue weighted by molar-refractivity contribution is 0.101. The van der Waals surface area contributed by atoms with Gasteiger partial charge in [-0.15, -0.1) is 11.8 Å². The highest BCUT2D eigenvalue weighted by atomic mass is 35.5. The highest BCUT2D eigenvalue weighted by Crippen LogP contribution is 2.38. The Balaban J connectivity index is 1.74. The smallest absolute Gasteiger partial charge is 0.272 e. The van der Waals surface area contributed by atoms with Crippen molar-refractivity contribution in [1.29, 1.82) is 0 Å². The van der Waals surface area contributed by atoms with Crippen LogP contribution < -0.4 is 5.32 Å². The van der Waals surface area contributed by atoms with Gasteiger partial charge in [0.05, 0.1) is 5.52 Å². The van der Waals surface area contributed by atoms with Crippen molar-refractivity contribution in [3.05, 3.63) is 59.2 Å². The molecule has 2 heterocycles. The number of nitrogens with zero attached hydrogens (tertiary/aromatic N) is 1. The second-order valence-corrected chi connectivity index (χ2v) is 7.64. The molecule has 1 amide bonds. The van der Waals surface area contributed by atoms with Gasteiger partial charge in [0.2, 0.25) is 0 Å². The van der Waals surface area contributed by atoms with Crippen LogP contribution in [0.4, 0.5) is 5.69 Å². The SMILES string of the molecule is C[C@H]1Cn2c(C(=O)Nc3ccc(Cl)cc3)cc3cccc(c32)S1. The van der Waals surface area contributed by atoms with Crippen LogP contribution in [0.25, 0.3) is 10.9 Å². The van der Waals surface area contributed by atoms with Crippen molar-refractivity contribution in [1.82, 2.24) is 4.57 Å². The number of aromatic nitrogens is 1. The van der Waals surface area contributed by atoms with Gasteiger partial charge in [-0.2, -0.15) is 0 Å². The van der Waals surface area contributed by atoms with Crippen LogP contribution in [0.2, 0.25) is 5.02 Å². The molecule has 2 aromatic carbocycles. The van der Waals surface area contributed by atoms with Gasteiger partial charge in [0.25, 0.3) is 5.91 Å². The summed E-state index contributed by atoms with van der Waals surface area (Å²) in [6, 6.07) is 15.4. The summed E-state index contributed by atoms with van der Waals surface area (Å²) in [5.41, 5.74) is 2.61. The van der Waals surface area contributed by atoms with E-state index in [1.54, 1.807) is 12.1 Å². The van der Waals surface area contributed by atoms with Crippen LogP contribution in [0.1, 0.15) is 17.4 Å². The van der Waals surface area contributed by atoms with E-state index in [1.165, 1.54) is 4.90 Å². The Morgan fingerprint density at radius 2 is 2.04 bits per heavy atom. The van der Waals surface area contributed by atoms with Crippen molar-refractivity contribution in [2.75, 3.05) is 5.32 Å². The van der Waals surface area contributed by atoms with Gasteiger partial charge in [-0.25, -0.2) is 0 Å². The largest absolute Gasteiger partial charge is 0.334 e. The predicted octanol–water partition coefficient (Wildman–Crippen LogP) is 5.04. The van der Waals surface area contributed by atoms with Crippen molar-refractivity contribution in [2.45, 2.75) is 23.6 Å². The average molecular weight is 343 g/mol. The molecule has 0 saturated carbocycles. The number of amides is 1. The number of anilines is 1. The van der Waals surface area contributed by atoms with Crippen molar-refractivity contribution in [2.24, 2.45) is 0 Å². The number of benzene rings is 2. The van der Waals surface area contributed by atoms with Crippen LogP contribution >= 0.6 is 23.4 Å². The van der Waals surface area contributed by atoms with Crippen molar-refractivity contribution < 1.29 is 4.79 Å². The van der Waals surface area contributed by atoms with Gasteiger partial charge < -0.3 is 9.88 Å². The topological polar surface area (TPSA) is 34.0 Å². The molecule has 0 fully saturated rings.